The van der Waals surface area contributed by atoms with E-state index in [1.165, 1.54) is 32.2 Å². The van der Waals surface area contributed by atoms with Crippen LogP contribution in [-0.2, 0) is 0 Å². The van der Waals surface area contributed by atoms with E-state index in [9.17, 15) is 0 Å². The summed E-state index contributed by atoms with van der Waals surface area (Å²) in [6.45, 7) is 6.07. The van der Waals surface area contributed by atoms with Crippen LogP contribution in [0.15, 0.2) is 0 Å². The van der Waals surface area contributed by atoms with Gasteiger partial charge in [0.2, 0.25) is 0 Å². The van der Waals surface area contributed by atoms with Gasteiger partial charge in [-0.05, 0) is 26.4 Å². The van der Waals surface area contributed by atoms with Crippen LogP contribution in [0.25, 0.3) is 0 Å². The lowest BCUT2D eigenvalue weighted by atomic mass is 10.1. The van der Waals surface area contributed by atoms with Crippen LogP contribution >= 0.6 is 0 Å². The first kappa shape index (κ1) is 10.3. The molecule has 1 rings (SSSR count). The molecule has 1 unspecified atom stereocenters. The van der Waals surface area contributed by atoms with Gasteiger partial charge in [-0.15, -0.1) is 0 Å². The fourth-order valence-corrected chi connectivity index (χ4v) is 4.71. The third-order valence-electron chi connectivity index (χ3n) is 3.41. The summed E-state index contributed by atoms with van der Waals surface area (Å²) in [5.41, 5.74) is 0. The summed E-state index contributed by atoms with van der Waals surface area (Å²) >= 11 is 0. The van der Waals surface area contributed by atoms with Crippen molar-refractivity contribution in [2.24, 2.45) is 0 Å². The van der Waals surface area contributed by atoms with E-state index in [-0.39, 0.29) is 9.52 Å². The van der Waals surface area contributed by atoms with Crippen molar-refractivity contribution in [2.45, 2.75) is 50.7 Å². The molecule has 1 fully saturated rings. The zero-order valence-electron chi connectivity index (χ0n) is 8.90. The quantitative estimate of drug-likeness (QED) is 0.606. The monoisotopic (exact) mass is 185 g/mol. The summed E-state index contributed by atoms with van der Waals surface area (Å²) in [6.07, 6.45) is 5.76. The topological polar surface area (TPSA) is 3.24 Å². The van der Waals surface area contributed by atoms with E-state index in [4.69, 9.17) is 0 Å². The number of rotatable bonds is 3. The molecular formula is C10H23NSi. The van der Waals surface area contributed by atoms with Crippen LogP contribution in [0.2, 0.25) is 6.04 Å². The lowest BCUT2D eigenvalue weighted by Gasteiger charge is -2.41. The van der Waals surface area contributed by atoms with Crippen LogP contribution in [-0.4, -0.2) is 33.2 Å². The molecular weight excluding hydrogens is 162 g/mol. The molecule has 0 aliphatic carbocycles. The Morgan fingerprint density at radius 3 is 2.67 bits per heavy atom. The summed E-state index contributed by atoms with van der Waals surface area (Å²) in [5, 5.41) is 0.661. The van der Waals surface area contributed by atoms with Crippen LogP contribution < -0.4 is 0 Å². The van der Waals surface area contributed by atoms with Crippen LogP contribution in [0.3, 0.4) is 0 Å². The highest BCUT2D eigenvalue weighted by Gasteiger charge is 2.30. The van der Waals surface area contributed by atoms with Gasteiger partial charge in [0.1, 0.15) is 0 Å². The van der Waals surface area contributed by atoms with Crippen molar-refractivity contribution >= 4 is 9.52 Å². The summed E-state index contributed by atoms with van der Waals surface area (Å²) in [7, 11) is 2.51. The van der Waals surface area contributed by atoms with Gasteiger partial charge in [-0.1, -0.05) is 32.7 Å². The Hall–Kier alpha value is 0.177. The third kappa shape index (κ3) is 2.33. The lowest BCUT2D eigenvalue weighted by Crippen LogP contribution is -2.50. The maximum absolute atomic E-state index is 2.62. The van der Waals surface area contributed by atoms with E-state index in [1.807, 2.05) is 0 Å². The maximum Gasteiger partial charge on any atom is 0.0443 e. The van der Waals surface area contributed by atoms with Gasteiger partial charge in [-0.25, -0.2) is 0 Å². The second-order valence-electron chi connectivity index (χ2n) is 4.48. The van der Waals surface area contributed by atoms with E-state index < -0.39 is 0 Å². The standard InChI is InChI=1S/C10H23NSi/c1-4-8-11(3)10(2)7-5-6-9-12-10/h4-9,12H2,1-3H3. The average molecular weight is 185 g/mol. The van der Waals surface area contributed by atoms with E-state index in [0.717, 1.165) is 0 Å². The summed E-state index contributed by atoms with van der Waals surface area (Å²) in [5.74, 6) is 0. The predicted molar refractivity (Wildman–Crippen MR) is 58.5 cm³/mol. The number of hydrogen-bond donors (Lipinski definition) is 0. The third-order valence-corrected chi connectivity index (χ3v) is 6.24. The molecule has 1 heterocycles. The molecule has 1 saturated heterocycles. The Morgan fingerprint density at radius 1 is 1.42 bits per heavy atom. The molecule has 1 aliphatic rings. The Balaban J connectivity index is 2.44. The Morgan fingerprint density at radius 2 is 2.17 bits per heavy atom. The van der Waals surface area contributed by atoms with E-state index >= 15 is 0 Å². The Kier molecular flexibility index (Phi) is 3.78. The zero-order valence-corrected chi connectivity index (χ0v) is 10.3. The molecule has 0 saturated carbocycles. The fourth-order valence-electron chi connectivity index (χ4n) is 2.30. The molecule has 0 aromatic heterocycles. The zero-order chi connectivity index (χ0) is 9.03. The van der Waals surface area contributed by atoms with Gasteiger partial charge < -0.3 is 4.90 Å². The Labute approximate surface area is 79.4 Å². The smallest absolute Gasteiger partial charge is 0.0443 e. The normalized spacial score (nSPS) is 33.0. The maximum atomic E-state index is 2.62. The largest absolute Gasteiger partial charge is 0.304 e. The summed E-state index contributed by atoms with van der Waals surface area (Å²) in [6, 6.07) is 1.57. The van der Waals surface area contributed by atoms with Gasteiger partial charge in [0.05, 0.1) is 0 Å². The van der Waals surface area contributed by atoms with Crippen molar-refractivity contribution in [1.82, 2.24) is 4.90 Å². The molecule has 0 N–H and O–H groups in total. The average Bonchev–Trinajstić information content (AvgIpc) is 2.06. The first-order chi connectivity index (χ1) is 5.69. The van der Waals surface area contributed by atoms with Gasteiger partial charge in [0.25, 0.3) is 0 Å². The molecule has 0 spiro atoms. The van der Waals surface area contributed by atoms with Crippen molar-refractivity contribution < 1.29 is 0 Å². The van der Waals surface area contributed by atoms with Crippen LogP contribution in [0.4, 0.5) is 0 Å². The SMILES string of the molecule is CCCN(C)C1(C)CCCC[SiH2]1. The van der Waals surface area contributed by atoms with E-state index in [1.54, 1.807) is 6.04 Å². The number of nitrogens with zero attached hydrogens (tertiary/aromatic N) is 1. The summed E-state index contributed by atoms with van der Waals surface area (Å²) in [4.78, 5) is 2.62. The molecule has 1 nitrogen and oxygen atoms in total. The molecule has 0 radical (unpaired) electrons. The first-order valence-electron chi connectivity index (χ1n) is 5.40. The molecule has 0 aromatic carbocycles. The number of hydrogen-bond acceptors (Lipinski definition) is 1. The first-order valence-corrected chi connectivity index (χ1v) is 7.11. The summed E-state index contributed by atoms with van der Waals surface area (Å²) < 4.78 is 0. The second kappa shape index (κ2) is 4.42. The van der Waals surface area contributed by atoms with Gasteiger partial charge in [-0.2, -0.15) is 0 Å². The van der Waals surface area contributed by atoms with Gasteiger partial charge in [0.15, 0.2) is 0 Å². The fraction of sp³-hybridized carbons (Fsp3) is 1.00. The second-order valence-corrected chi connectivity index (χ2v) is 7.21. The van der Waals surface area contributed by atoms with E-state index in [0.29, 0.717) is 5.16 Å². The van der Waals surface area contributed by atoms with Crippen molar-refractivity contribution in [3.8, 4) is 0 Å². The highest BCUT2D eigenvalue weighted by atomic mass is 28.2. The van der Waals surface area contributed by atoms with Crippen molar-refractivity contribution in [3.05, 3.63) is 0 Å². The molecule has 72 valence electrons. The van der Waals surface area contributed by atoms with Crippen LogP contribution in [0.1, 0.15) is 39.5 Å². The highest BCUT2D eigenvalue weighted by molar-refractivity contribution is 6.40. The predicted octanol–water partition coefficient (Wildman–Crippen LogP) is 1.82. The highest BCUT2D eigenvalue weighted by Crippen LogP contribution is 2.26. The van der Waals surface area contributed by atoms with Crippen molar-refractivity contribution in [2.75, 3.05) is 13.6 Å². The minimum Gasteiger partial charge on any atom is -0.304 e. The van der Waals surface area contributed by atoms with Crippen molar-refractivity contribution in [1.29, 1.82) is 0 Å². The van der Waals surface area contributed by atoms with Gasteiger partial charge in [0, 0.05) is 14.7 Å². The van der Waals surface area contributed by atoms with Gasteiger partial charge >= 0.3 is 0 Å². The molecule has 1 aliphatic heterocycles. The molecule has 0 bridgehead atoms. The molecule has 12 heavy (non-hydrogen) atoms. The minimum atomic E-state index is 0.184. The van der Waals surface area contributed by atoms with Crippen LogP contribution in [0, 0.1) is 0 Å². The van der Waals surface area contributed by atoms with Gasteiger partial charge in [-0.3, -0.25) is 0 Å². The molecule has 0 aromatic rings. The molecule has 0 amide bonds. The van der Waals surface area contributed by atoms with E-state index in [2.05, 4.69) is 25.8 Å². The Bertz CT molecular complexity index is 130. The lowest BCUT2D eigenvalue weighted by molar-refractivity contribution is 0.193. The van der Waals surface area contributed by atoms with Crippen LogP contribution in [0.5, 0.6) is 0 Å². The van der Waals surface area contributed by atoms with Crippen molar-refractivity contribution in [3.63, 3.8) is 0 Å². The molecule has 2 heteroatoms. The minimum absolute atomic E-state index is 0.184. The molecule has 1 atom stereocenters.